The highest BCUT2D eigenvalue weighted by atomic mass is 16.5. The van der Waals surface area contributed by atoms with Gasteiger partial charge in [-0.1, -0.05) is 24.3 Å². The molecule has 6 heteroatoms. The molecule has 0 fully saturated rings. The molecule has 4 rings (SSSR count). The van der Waals surface area contributed by atoms with Gasteiger partial charge in [0, 0.05) is 11.3 Å². The third kappa shape index (κ3) is 4.38. The van der Waals surface area contributed by atoms with Gasteiger partial charge in [0.2, 0.25) is 5.91 Å². The Morgan fingerprint density at radius 3 is 2.55 bits per heavy atom. The zero-order valence-corrected chi connectivity index (χ0v) is 18.1. The smallest absolute Gasteiger partial charge is 0.228 e. The van der Waals surface area contributed by atoms with E-state index in [0.29, 0.717) is 11.5 Å². The molecular weight excluding hydrogens is 390 g/mol. The Labute approximate surface area is 181 Å². The molecule has 0 spiro atoms. The molecule has 2 N–H and O–H groups in total. The maximum absolute atomic E-state index is 12.7. The zero-order chi connectivity index (χ0) is 22.0. The van der Waals surface area contributed by atoms with Gasteiger partial charge >= 0.3 is 0 Å². The van der Waals surface area contributed by atoms with E-state index in [2.05, 4.69) is 28.3 Å². The van der Waals surface area contributed by atoms with Gasteiger partial charge in [0.15, 0.2) is 11.5 Å². The van der Waals surface area contributed by atoms with Crippen molar-refractivity contribution in [3.63, 3.8) is 0 Å². The molecule has 3 aromatic carbocycles. The lowest BCUT2D eigenvalue weighted by molar-refractivity contribution is -0.115. The quantitative estimate of drug-likeness (QED) is 0.462. The maximum atomic E-state index is 12.7. The molecule has 0 aliphatic carbocycles. The number of benzene rings is 3. The van der Waals surface area contributed by atoms with Gasteiger partial charge in [0.25, 0.3) is 0 Å². The van der Waals surface area contributed by atoms with Gasteiger partial charge in [0.1, 0.15) is 5.82 Å². The third-order valence-corrected chi connectivity index (χ3v) is 5.24. The summed E-state index contributed by atoms with van der Waals surface area (Å²) in [7, 11) is 3.17. The maximum Gasteiger partial charge on any atom is 0.228 e. The van der Waals surface area contributed by atoms with Gasteiger partial charge in [-0.3, -0.25) is 4.79 Å². The third-order valence-electron chi connectivity index (χ3n) is 5.24. The number of rotatable bonds is 6. The molecule has 4 aromatic rings. The van der Waals surface area contributed by atoms with Gasteiger partial charge < -0.3 is 19.8 Å². The normalized spacial score (nSPS) is 10.8. The minimum absolute atomic E-state index is 0.104. The molecule has 0 atom stereocenters. The van der Waals surface area contributed by atoms with Crippen molar-refractivity contribution in [1.82, 2.24) is 9.97 Å². The van der Waals surface area contributed by atoms with Crippen molar-refractivity contribution in [3.05, 3.63) is 71.3 Å². The number of imidazole rings is 1. The van der Waals surface area contributed by atoms with E-state index in [-0.39, 0.29) is 12.3 Å². The average molecular weight is 415 g/mol. The minimum atomic E-state index is -0.104. The van der Waals surface area contributed by atoms with Crippen LogP contribution in [0.5, 0.6) is 11.5 Å². The van der Waals surface area contributed by atoms with Crippen molar-refractivity contribution in [2.24, 2.45) is 0 Å². The minimum Gasteiger partial charge on any atom is -0.493 e. The Morgan fingerprint density at radius 1 is 0.968 bits per heavy atom. The number of hydrogen-bond acceptors (Lipinski definition) is 4. The van der Waals surface area contributed by atoms with Crippen molar-refractivity contribution >= 4 is 22.6 Å². The molecule has 6 nitrogen and oxygen atoms in total. The molecular formula is C25H25N3O3. The van der Waals surface area contributed by atoms with Gasteiger partial charge in [0.05, 0.1) is 31.7 Å². The Bertz CT molecular complexity index is 1260. The van der Waals surface area contributed by atoms with Crippen LogP contribution in [-0.4, -0.2) is 30.1 Å². The molecule has 0 unspecified atom stereocenters. The number of aromatic nitrogens is 2. The van der Waals surface area contributed by atoms with E-state index in [9.17, 15) is 4.79 Å². The number of ether oxygens (including phenoxy) is 2. The highest BCUT2D eigenvalue weighted by molar-refractivity contribution is 5.94. The zero-order valence-electron chi connectivity index (χ0n) is 18.1. The van der Waals surface area contributed by atoms with Crippen LogP contribution in [0.4, 0.5) is 5.69 Å². The second kappa shape index (κ2) is 8.52. The summed E-state index contributed by atoms with van der Waals surface area (Å²) >= 11 is 0. The highest BCUT2D eigenvalue weighted by Gasteiger charge is 2.12. The van der Waals surface area contributed by atoms with E-state index in [1.54, 1.807) is 20.3 Å². The summed E-state index contributed by atoms with van der Waals surface area (Å²) < 4.78 is 10.6. The molecule has 0 saturated heterocycles. The lowest BCUT2D eigenvalue weighted by atomic mass is 10.1. The van der Waals surface area contributed by atoms with E-state index < -0.39 is 0 Å². The van der Waals surface area contributed by atoms with E-state index in [1.165, 1.54) is 5.56 Å². The van der Waals surface area contributed by atoms with E-state index in [4.69, 9.17) is 9.47 Å². The van der Waals surface area contributed by atoms with E-state index >= 15 is 0 Å². The van der Waals surface area contributed by atoms with E-state index in [1.807, 2.05) is 49.4 Å². The van der Waals surface area contributed by atoms with Crippen LogP contribution >= 0.6 is 0 Å². The van der Waals surface area contributed by atoms with Gasteiger partial charge in [-0.2, -0.15) is 0 Å². The van der Waals surface area contributed by atoms with Crippen molar-refractivity contribution in [1.29, 1.82) is 0 Å². The monoisotopic (exact) mass is 415 g/mol. The highest BCUT2D eigenvalue weighted by Crippen LogP contribution is 2.29. The Balaban J connectivity index is 1.55. The average Bonchev–Trinajstić information content (AvgIpc) is 3.18. The fourth-order valence-corrected chi connectivity index (χ4v) is 3.53. The largest absolute Gasteiger partial charge is 0.493 e. The topological polar surface area (TPSA) is 76.2 Å². The molecule has 0 aliphatic heterocycles. The number of fused-ring (bicyclic) bond motifs is 1. The van der Waals surface area contributed by atoms with Gasteiger partial charge in [-0.05, 0) is 60.9 Å². The molecule has 0 aliphatic rings. The second-order valence-corrected chi connectivity index (χ2v) is 7.55. The molecule has 31 heavy (non-hydrogen) atoms. The number of amides is 1. The van der Waals surface area contributed by atoms with Crippen LogP contribution in [0.25, 0.3) is 22.4 Å². The fraction of sp³-hybridized carbons (Fsp3) is 0.200. The number of nitrogens with zero attached hydrogens (tertiary/aromatic N) is 1. The summed E-state index contributed by atoms with van der Waals surface area (Å²) in [5, 5.41) is 3.03. The molecule has 0 saturated carbocycles. The van der Waals surface area contributed by atoms with E-state index in [0.717, 1.165) is 39.2 Å². The van der Waals surface area contributed by atoms with Crippen molar-refractivity contribution in [2.75, 3.05) is 19.5 Å². The summed E-state index contributed by atoms with van der Waals surface area (Å²) in [5.74, 6) is 1.91. The lowest BCUT2D eigenvalue weighted by Gasteiger charge is -2.12. The Morgan fingerprint density at radius 2 is 1.77 bits per heavy atom. The first kappa shape index (κ1) is 20.5. The fourth-order valence-electron chi connectivity index (χ4n) is 3.53. The summed E-state index contributed by atoms with van der Waals surface area (Å²) in [6.07, 6.45) is 0.230. The van der Waals surface area contributed by atoms with Gasteiger partial charge in [-0.25, -0.2) is 4.98 Å². The molecule has 1 amide bonds. The number of anilines is 1. The Kier molecular flexibility index (Phi) is 5.62. The molecule has 0 radical (unpaired) electrons. The first-order valence-electron chi connectivity index (χ1n) is 10.0. The van der Waals surface area contributed by atoms with Gasteiger partial charge in [-0.15, -0.1) is 0 Å². The standard InChI is InChI=1S/C25H25N3O3/c1-15-5-9-19-21(11-15)28-25(27-19)18-8-6-16(2)20(14-18)26-24(29)13-17-7-10-22(30-3)23(12-17)31-4/h5-12,14H,13H2,1-4H3,(H,26,29)(H,27,28). The predicted molar refractivity (Wildman–Crippen MR) is 123 cm³/mol. The first-order valence-corrected chi connectivity index (χ1v) is 10.0. The predicted octanol–water partition coefficient (Wildman–Crippen LogP) is 5.05. The number of carbonyl (C=O) groups excluding carboxylic acids is 1. The molecule has 1 heterocycles. The Hall–Kier alpha value is -3.80. The number of aryl methyl sites for hydroxylation is 2. The molecule has 158 valence electrons. The van der Waals surface area contributed by atoms with Crippen molar-refractivity contribution in [3.8, 4) is 22.9 Å². The number of carbonyl (C=O) groups is 1. The van der Waals surface area contributed by atoms with Crippen LogP contribution in [0.1, 0.15) is 16.7 Å². The summed E-state index contributed by atoms with van der Waals surface area (Å²) in [6.45, 7) is 4.02. The number of aromatic amines is 1. The van der Waals surface area contributed by atoms with Crippen LogP contribution < -0.4 is 14.8 Å². The summed E-state index contributed by atoms with van der Waals surface area (Å²) in [4.78, 5) is 20.8. The first-order chi connectivity index (χ1) is 15.0. The SMILES string of the molecule is COc1ccc(CC(=O)Nc2cc(-c3nc4ccc(C)cc4[nH]3)ccc2C)cc1OC. The van der Waals surface area contributed by atoms with Crippen LogP contribution in [0.3, 0.4) is 0 Å². The number of H-pyrrole nitrogens is 1. The number of methoxy groups -OCH3 is 2. The summed E-state index contributed by atoms with van der Waals surface area (Å²) in [5.41, 5.74) is 6.60. The lowest BCUT2D eigenvalue weighted by Crippen LogP contribution is -2.15. The molecule has 0 bridgehead atoms. The van der Waals surface area contributed by atoms with Crippen LogP contribution in [0.15, 0.2) is 54.6 Å². The summed E-state index contributed by atoms with van der Waals surface area (Å²) in [6, 6.07) is 17.5. The van der Waals surface area contributed by atoms with Crippen molar-refractivity contribution in [2.45, 2.75) is 20.3 Å². The number of hydrogen-bond donors (Lipinski definition) is 2. The van der Waals surface area contributed by atoms with Crippen LogP contribution in [-0.2, 0) is 11.2 Å². The van der Waals surface area contributed by atoms with Crippen LogP contribution in [0, 0.1) is 13.8 Å². The molecule has 1 aromatic heterocycles. The van der Waals surface area contributed by atoms with Crippen LogP contribution in [0.2, 0.25) is 0 Å². The second-order valence-electron chi connectivity index (χ2n) is 7.55. The number of nitrogens with one attached hydrogen (secondary N) is 2. The van der Waals surface area contributed by atoms with Crippen molar-refractivity contribution < 1.29 is 14.3 Å².